The van der Waals surface area contributed by atoms with E-state index < -0.39 is 119 Å². The standard InChI is InChI=1S/C54H90N8O11/c1-10-34(8)49(62-52(71)37(16-19-55)24-35(9)64)48(68)26-38(17-20-56)51(70)60-44(25-36-14-12-11-13-15-36)45(65)27-39(22-31(2)3)53(72)59-42(18-21-57)47(67)29-41(33(6)7)54(73)61-43(23-32(4)5)46(66)28-40(30-63)50(58)69/h11-15,31-34,37-44,49,63H,10,16-30,55-57H2,1-9H3,(H2,58,69)(H,59,72)(H,60,70)(H,61,73)(H,62,71)/t34-,37+,38+,39+,40-,41+,42-,43-,44+,49-/m0/s1. The molecular formula is C54H90N8O11. The maximum absolute atomic E-state index is 14.5. The van der Waals surface area contributed by atoms with Crippen LogP contribution in [0.3, 0.4) is 0 Å². The SMILES string of the molecule is CC[C@H](C)[C@H](NC(=O)[C@H](CCN)CC(C)=O)C(=O)C[C@@H](CCN)C(=O)N[C@H](Cc1ccccc1)C(=O)C[C@@H](CC(C)C)C(=O)N[C@@H](CCN)C(=O)C[C@@H](C(=O)N[C@@H](CC(C)C)C(=O)C[C@@H](CO)C(N)=O)C(C)C. The molecule has 0 aromatic heterocycles. The molecule has 0 spiro atoms. The van der Waals surface area contributed by atoms with E-state index in [4.69, 9.17) is 22.9 Å². The second-order valence-corrected chi connectivity index (χ2v) is 21.0. The molecule has 5 amide bonds. The van der Waals surface area contributed by atoms with Crippen LogP contribution in [0, 0.1) is 53.3 Å². The van der Waals surface area contributed by atoms with Gasteiger partial charge in [-0.1, -0.05) is 92.1 Å². The zero-order chi connectivity index (χ0) is 55.5. The van der Waals surface area contributed by atoms with Gasteiger partial charge in [-0.05, 0) is 94.3 Å². The van der Waals surface area contributed by atoms with Crippen molar-refractivity contribution < 1.29 is 53.1 Å². The fourth-order valence-corrected chi connectivity index (χ4v) is 8.86. The molecular weight excluding hydrogens is 937 g/mol. The summed E-state index contributed by atoms with van der Waals surface area (Å²) in [6.07, 6.45) is 0.0227. The van der Waals surface area contributed by atoms with Gasteiger partial charge in [0, 0.05) is 55.8 Å². The second kappa shape index (κ2) is 34.3. The summed E-state index contributed by atoms with van der Waals surface area (Å²) < 4.78 is 0. The van der Waals surface area contributed by atoms with Crippen LogP contribution in [0.5, 0.6) is 0 Å². The molecule has 0 fully saturated rings. The highest BCUT2D eigenvalue weighted by Gasteiger charge is 2.37. The lowest BCUT2D eigenvalue weighted by molar-refractivity contribution is -0.137. The first-order chi connectivity index (χ1) is 34.3. The van der Waals surface area contributed by atoms with Crippen LogP contribution in [0.4, 0.5) is 0 Å². The number of aliphatic hydroxyl groups is 1. The minimum atomic E-state index is -1.15. The molecule has 0 saturated carbocycles. The van der Waals surface area contributed by atoms with E-state index >= 15 is 0 Å². The number of hydrogen-bond acceptors (Lipinski definition) is 14. The van der Waals surface area contributed by atoms with Crippen LogP contribution in [0.2, 0.25) is 0 Å². The van der Waals surface area contributed by atoms with Gasteiger partial charge in [0.15, 0.2) is 23.1 Å². The van der Waals surface area contributed by atoms with Crippen molar-refractivity contribution in [1.29, 1.82) is 0 Å². The number of carbonyl (C=O) groups excluding carboxylic acids is 10. The first-order valence-corrected chi connectivity index (χ1v) is 26.2. The van der Waals surface area contributed by atoms with E-state index in [0.29, 0.717) is 12.0 Å². The smallest absolute Gasteiger partial charge is 0.224 e. The van der Waals surface area contributed by atoms with Crippen molar-refractivity contribution in [3.8, 4) is 0 Å². The number of amides is 5. The lowest BCUT2D eigenvalue weighted by Gasteiger charge is -2.28. The predicted octanol–water partition coefficient (Wildman–Crippen LogP) is 2.38. The minimum Gasteiger partial charge on any atom is -0.396 e. The third kappa shape index (κ3) is 24.1. The van der Waals surface area contributed by atoms with E-state index in [-0.39, 0.29) is 114 Å². The average Bonchev–Trinajstić information content (AvgIpc) is 3.31. The summed E-state index contributed by atoms with van der Waals surface area (Å²) in [5.74, 6) is -10.7. The Morgan fingerprint density at radius 2 is 1.00 bits per heavy atom. The highest BCUT2D eigenvalue weighted by molar-refractivity contribution is 5.98. The average molecular weight is 1030 g/mol. The van der Waals surface area contributed by atoms with Gasteiger partial charge in [-0.3, -0.25) is 43.2 Å². The lowest BCUT2D eigenvalue weighted by Crippen LogP contribution is -2.50. The van der Waals surface area contributed by atoms with E-state index in [0.717, 1.165) is 0 Å². The number of benzene rings is 1. The van der Waals surface area contributed by atoms with Gasteiger partial charge in [0.25, 0.3) is 0 Å². The summed E-state index contributed by atoms with van der Waals surface area (Å²) in [5, 5.41) is 20.9. The third-order valence-electron chi connectivity index (χ3n) is 13.4. The Kier molecular flexibility index (Phi) is 30.9. The van der Waals surface area contributed by atoms with Gasteiger partial charge in [0.05, 0.1) is 36.7 Å². The fraction of sp³-hybridized carbons (Fsp3) is 0.704. The predicted molar refractivity (Wildman–Crippen MR) is 280 cm³/mol. The molecule has 1 rings (SSSR count). The molecule has 13 N–H and O–H groups in total. The Balaban J connectivity index is 3.48. The van der Waals surface area contributed by atoms with Crippen LogP contribution in [0.15, 0.2) is 30.3 Å². The maximum atomic E-state index is 14.5. The van der Waals surface area contributed by atoms with Crippen molar-refractivity contribution in [2.75, 3.05) is 26.2 Å². The Hall–Kier alpha value is -5.24. The fourth-order valence-electron chi connectivity index (χ4n) is 8.86. The molecule has 0 radical (unpaired) electrons. The van der Waals surface area contributed by atoms with Gasteiger partial charge in [-0.2, -0.15) is 0 Å². The van der Waals surface area contributed by atoms with Gasteiger partial charge >= 0.3 is 0 Å². The number of aliphatic hydroxyl groups excluding tert-OH is 1. The normalized spacial score (nSPS) is 15.7. The van der Waals surface area contributed by atoms with Crippen molar-refractivity contribution in [1.82, 2.24) is 21.3 Å². The number of rotatable bonds is 39. The molecule has 19 nitrogen and oxygen atoms in total. The van der Waals surface area contributed by atoms with Crippen molar-refractivity contribution >= 4 is 58.5 Å². The van der Waals surface area contributed by atoms with Crippen LogP contribution >= 0.6 is 0 Å². The topological polar surface area (TPSA) is 343 Å². The maximum Gasteiger partial charge on any atom is 0.224 e. The molecule has 0 aliphatic carbocycles. The molecule has 73 heavy (non-hydrogen) atoms. The quantitative estimate of drug-likeness (QED) is 0.0458. The Morgan fingerprint density at radius 1 is 0.534 bits per heavy atom. The summed E-state index contributed by atoms with van der Waals surface area (Å²) >= 11 is 0. The molecule has 0 bridgehead atoms. The number of primary amides is 1. The van der Waals surface area contributed by atoms with Crippen molar-refractivity contribution in [2.24, 2.45) is 76.2 Å². The van der Waals surface area contributed by atoms with Gasteiger partial charge < -0.3 is 54.1 Å². The summed E-state index contributed by atoms with van der Waals surface area (Å²) in [7, 11) is 0. The molecule has 0 heterocycles. The summed E-state index contributed by atoms with van der Waals surface area (Å²) in [4.78, 5) is 136. The highest BCUT2D eigenvalue weighted by atomic mass is 16.3. The second-order valence-electron chi connectivity index (χ2n) is 21.0. The van der Waals surface area contributed by atoms with E-state index in [1.165, 1.54) is 6.92 Å². The number of ketones is 5. The van der Waals surface area contributed by atoms with Crippen molar-refractivity contribution in [3.05, 3.63) is 35.9 Å². The highest BCUT2D eigenvalue weighted by Crippen LogP contribution is 2.24. The zero-order valence-corrected chi connectivity index (χ0v) is 45.0. The number of carbonyl (C=O) groups is 10. The zero-order valence-electron chi connectivity index (χ0n) is 45.0. The van der Waals surface area contributed by atoms with Crippen molar-refractivity contribution in [2.45, 2.75) is 164 Å². The van der Waals surface area contributed by atoms with Crippen LogP contribution < -0.4 is 44.2 Å². The molecule has 10 atom stereocenters. The van der Waals surface area contributed by atoms with Crippen LogP contribution in [0.25, 0.3) is 0 Å². The molecule has 19 heteroatoms. The summed E-state index contributed by atoms with van der Waals surface area (Å²) in [6, 6.07) is 4.69. The number of hydrogen-bond donors (Lipinski definition) is 9. The number of nitrogens with two attached hydrogens (primary N) is 4. The molecule has 0 unspecified atom stereocenters. The van der Waals surface area contributed by atoms with E-state index in [1.807, 2.05) is 34.6 Å². The van der Waals surface area contributed by atoms with Crippen LogP contribution in [-0.2, 0) is 54.4 Å². The Bertz CT molecular complexity index is 1960. The minimum absolute atomic E-state index is 0.00332. The van der Waals surface area contributed by atoms with E-state index in [9.17, 15) is 53.1 Å². The Morgan fingerprint density at radius 3 is 1.49 bits per heavy atom. The number of Topliss-reactive ketones (excluding diaryl/α,β-unsaturated/α-hetero) is 5. The molecule has 0 saturated heterocycles. The largest absolute Gasteiger partial charge is 0.396 e. The monoisotopic (exact) mass is 1030 g/mol. The van der Waals surface area contributed by atoms with E-state index in [1.54, 1.807) is 51.1 Å². The first-order valence-electron chi connectivity index (χ1n) is 26.2. The molecule has 0 aliphatic rings. The van der Waals surface area contributed by atoms with Gasteiger partial charge in [-0.15, -0.1) is 0 Å². The molecule has 0 aliphatic heterocycles. The molecule has 412 valence electrons. The first kappa shape index (κ1) is 65.8. The summed E-state index contributed by atoms with van der Waals surface area (Å²) in [6.45, 7) is 15.6. The van der Waals surface area contributed by atoms with Gasteiger partial charge in [-0.25, -0.2) is 0 Å². The number of nitrogens with one attached hydrogen (secondary N) is 4. The van der Waals surface area contributed by atoms with Crippen LogP contribution in [0.1, 0.15) is 139 Å². The Labute approximate surface area is 433 Å². The molecule has 1 aromatic rings. The summed E-state index contributed by atoms with van der Waals surface area (Å²) in [5.41, 5.74) is 23.7. The van der Waals surface area contributed by atoms with Crippen molar-refractivity contribution in [3.63, 3.8) is 0 Å². The van der Waals surface area contributed by atoms with Gasteiger partial charge in [0.1, 0.15) is 5.78 Å². The van der Waals surface area contributed by atoms with E-state index in [2.05, 4.69) is 21.3 Å². The molecule has 1 aromatic carbocycles. The van der Waals surface area contributed by atoms with Gasteiger partial charge in [0.2, 0.25) is 29.5 Å². The van der Waals surface area contributed by atoms with Crippen LogP contribution in [-0.4, -0.2) is 114 Å². The third-order valence-corrected chi connectivity index (χ3v) is 13.4. The lowest BCUT2D eigenvalue weighted by atomic mass is 9.85.